The van der Waals surface area contributed by atoms with E-state index in [4.69, 9.17) is 28.3 Å². The van der Waals surface area contributed by atoms with Gasteiger partial charge >= 0.3 is 5.97 Å². The standard InChI is InChI=1S/C8H5Cl2NO4/c9-5-2-1-4(3-6(12)13)8(7(5)10)11(14)15/h1-2H,3H2,(H,12,13). The van der Waals surface area contributed by atoms with Crippen LogP contribution in [0.1, 0.15) is 5.56 Å². The first kappa shape index (κ1) is 11.7. The smallest absolute Gasteiger partial charge is 0.308 e. The average Bonchev–Trinajstić information content (AvgIpc) is 2.10. The number of nitro groups is 1. The fraction of sp³-hybridized carbons (Fsp3) is 0.125. The van der Waals surface area contributed by atoms with Crippen LogP contribution in [0, 0.1) is 10.1 Å². The summed E-state index contributed by atoms with van der Waals surface area (Å²) < 4.78 is 0. The molecule has 80 valence electrons. The summed E-state index contributed by atoms with van der Waals surface area (Å²) in [6, 6.07) is 2.61. The van der Waals surface area contributed by atoms with Crippen molar-refractivity contribution in [1.29, 1.82) is 0 Å². The minimum absolute atomic E-state index is 0.0255. The summed E-state index contributed by atoms with van der Waals surface area (Å²) >= 11 is 11.2. The lowest BCUT2D eigenvalue weighted by molar-refractivity contribution is -0.385. The third kappa shape index (κ3) is 2.57. The Morgan fingerprint density at radius 3 is 2.53 bits per heavy atom. The molecule has 0 aliphatic heterocycles. The van der Waals surface area contributed by atoms with E-state index in [-0.39, 0.29) is 15.6 Å². The van der Waals surface area contributed by atoms with Gasteiger partial charge in [0.15, 0.2) is 0 Å². The van der Waals surface area contributed by atoms with Gasteiger partial charge in [0.1, 0.15) is 5.02 Å². The van der Waals surface area contributed by atoms with Crippen molar-refractivity contribution < 1.29 is 14.8 Å². The monoisotopic (exact) mass is 249 g/mol. The van der Waals surface area contributed by atoms with Gasteiger partial charge in [-0.3, -0.25) is 14.9 Å². The highest BCUT2D eigenvalue weighted by molar-refractivity contribution is 6.43. The quantitative estimate of drug-likeness (QED) is 0.660. The third-order valence-electron chi connectivity index (χ3n) is 1.68. The fourth-order valence-corrected chi connectivity index (χ4v) is 1.49. The van der Waals surface area contributed by atoms with Crippen molar-refractivity contribution in [1.82, 2.24) is 0 Å². The van der Waals surface area contributed by atoms with Crippen molar-refractivity contribution >= 4 is 34.9 Å². The Kier molecular flexibility index (Phi) is 3.49. The van der Waals surface area contributed by atoms with Gasteiger partial charge in [-0.15, -0.1) is 0 Å². The summed E-state index contributed by atoms with van der Waals surface area (Å²) in [6.07, 6.45) is -0.465. The molecule has 0 unspecified atom stereocenters. The van der Waals surface area contributed by atoms with E-state index < -0.39 is 23.0 Å². The van der Waals surface area contributed by atoms with E-state index in [1.54, 1.807) is 0 Å². The van der Waals surface area contributed by atoms with Crippen LogP contribution in [0.25, 0.3) is 0 Å². The van der Waals surface area contributed by atoms with E-state index in [1.807, 2.05) is 0 Å². The minimum atomic E-state index is -1.17. The van der Waals surface area contributed by atoms with Gasteiger partial charge in [-0.25, -0.2) is 0 Å². The van der Waals surface area contributed by atoms with E-state index in [0.29, 0.717) is 0 Å². The molecular weight excluding hydrogens is 245 g/mol. The number of rotatable bonds is 3. The molecule has 0 atom stereocenters. The Morgan fingerprint density at radius 1 is 1.47 bits per heavy atom. The van der Waals surface area contributed by atoms with Crippen LogP contribution in [0.5, 0.6) is 0 Å². The number of benzene rings is 1. The average molecular weight is 250 g/mol. The number of hydrogen-bond donors (Lipinski definition) is 1. The number of nitrogens with zero attached hydrogens (tertiary/aromatic N) is 1. The Bertz CT molecular complexity index is 433. The molecule has 0 radical (unpaired) electrons. The van der Waals surface area contributed by atoms with Crippen LogP contribution >= 0.6 is 23.2 Å². The van der Waals surface area contributed by atoms with E-state index in [2.05, 4.69) is 0 Å². The van der Waals surface area contributed by atoms with Crippen molar-refractivity contribution in [2.24, 2.45) is 0 Å². The van der Waals surface area contributed by atoms with Crippen LogP contribution < -0.4 is 0 Å². The van der Waals surface area contributed by atoms with Crippen LogP contribution in [0.4, 0.5) is 5.69 Å². The van der Waals surface area contributed by atoms with Gasteiger partial charge in [0.2, 0.25) is 0 Å². The van der Waals surface area contributed by atoms with Gasteiger partial charge in [0.25, 0.3) is 5.69 Å². The van der Waals surface area contributed by atoms with Crippen LogP contribution in [0.2, 0.25) is 10.0 Å². The molecule has 15 heavy (non-hydrogen) atoms. The molecule has 7 heteroatoms. The Morgan fingerprint density at radius 2 is 2.07 bits per heavy atom. The predicted octanol–water partition coefficient (Wildman–Crippen LogP) is 2.53. The zero-order valence-corrected chi connectivity index (χ0v) is 8.75. The molecule has 1 aromatic rings. The van der Waals surface area contributed by atoms with Crippen LogP contribution in [-0.4, -0.2) is 16.0 Å². The van der Waals surface area contributed by atoms with Gasteiger partial charge in [0, 0.05) is 5.56 Å². The highest BCUT2D eigenvalue weighted by Crippen LogP contribution is 2.34. The molecule has 0 amide bonds. The largest absolute Gasteiger partial charge is 0.481 e. The first-order valence-electron chi connectivity index (χ1n) is 3.76. The summed E-state index contributed by atoms with van der Waals surface area (Å²) in [7, 11) is 0. The second-order valence-electron chi connectivity index (χ2n) is 2.70. The minimum Gasteiger partial charge on any atom is -0.481 e. The third-order valence-corrected chi connectivity index (χ3v) is 2.47. The second-order valence-corrected chi connectivity index (χ2v) is 3.48. The van der Waals surface area contributed by atoms with Crippen molar-refractivity contribution in [3.05, 3.63) is 37.9 Å². The molecule has 1 rings (SSSR count). The highest BCUT2D eigenvalue weighted by atomic mass is 35.5. The number of nitro benzene ring substituents is 1. The fourth-order valence-electron chi connectivity index (χ4n) is 1.08. The zero-order valence-electron chi connectivity index (χ0n) is 7.24. The van der Waals surface area contributed by atoms with Gasteiger partial charge in [-0.05, 0) is 12.1 Å². The van der Waals surface area contributed by atoms with E-state index in [1.165, 1.54) is 12.1 Å². The van der Waals surface area contributed by atoms with Crippen molar-refractivity contribution in [3.63, 3.8) is 0 Å². The molecule has 0 spiro atoms. The number of carboxylic acids is 1. The highest BCUT2D eigenvalue weighted by Gasteiger charge is 2.22. The molecule has 0 fully saturated rings. The van der Waals surface area contributed by atoms with Gasteiger partial charge < -0.3 is 5.11 Å². The number of aliphatic carboxylic acids is 1. The summed E-state index contributed by atoms with van der Waals surface area (Å²) in [6.45, 7) is 0. The second kappa shape index (κ2) is 4.46. The van der Waals surface area contributed by atoms with Gasteiger partial charge in [-0.2, -0.15) is 0 Å². The molecular formula is C8H5Cl2NO4. The van der Waals surface area contributed by atoms with Crippen molar-refractivity contribution in [2.75, 3.05) is 0 Å². The molecule has 0 bridgehead atoms. The van der Waals surface area contributed by atoms with E-state index in [0.717, 1.165) is 0 Å². The van der Waals surface area contributed by atoms with Crippen LogP contribution in [0.15, 0.2) is 12.1 Å². The van der Waals surface area contributed by atoms with Crippen molar-refractivity contribution in [2.45, 2.75) is 6.42 Å². The maximum atomic E-state index is 10.6. The van der Waals surface area contributed by atoms with E-state index in [9.17, 15) is 14.9 Å². The first-order chi connectivity index (χ1) is 6.93. The summed E-state index contributed by atoms with van der Waals surface area (Å²) in [5.41, 5.74) is -0.423. The Labute approximate surface area is 94.4 Å². The molecule has 0 saturated carbocycles. The summed E-state index contributed by atoms with van der Waals surface area (Å²) in [5.74, 6) is -1.17. The molecule has 0 saturated heterocycles. The number of halogens is 2. The zero-order chi connectivity index (χ0) is 11.6. The van der Waals surface area contributed by atoms with Gasteiger partial charge in [-0.1, -0.05) is 23.2 Å². The number of carbonyl (C=O) groups is 1. The lowest BCUT2D eigenvalue weighted by Gasteiger charge is -2.03. The maximum absolute atomic E-state index is 10.6. The SMILES string of the molecule is O=C(O)Cc1ccc(Cl)c(Cl)c1[N+](=O)[O-]. The maximum Gasteiger partial charge on any atom is 0.308 e. The van der Waals surface area contributed by atoms with Gasteiger partial charge in [0.05, 0.1) is 16.4 Å². The molecule has 0 aromatic heterocycles. The predicted molar refractivity (Wildman–Crippen MR) is 54.5 cm³/mol. The lowest BCUT2D eigenvalue weighted by atomic mass is 10.1. The molecule has 0 aliphatic rings. The summed E-state index contributed by atoms with van der Waals surface area (Å²) in [4.78, 5) is 20.3. The Balaban J connectivity index is 3.33. The molecule has 0 aliphatic carbocycles. The summed E-state index contributed by atoms with van der Waals surface area (Å²) in [5, 5.41) is 19.0. The number of carboxylic acid groups (broad SMARTS) is 1. The number of hydrogen-bond acceptors (Lipinski definition) is 3. The molecule has 1 aromatic carbocycles. The molecule has 1 N–H and O–H groups in total. The first-order valence-corrected chi connectivity index (χ1v) is 4.52. The Hall–Kier alpha value is -1.33. The van der Waals surface area contributed by atoms with Crippen LogP contribution in [-0.2, 0) is 11.2 Å². The molecule has 0 heterocycles. The normalized spacial score (nSPS) is 10.0. The molecule has 5 nitrogen and oxygen atoms in total. The van der Waals surface area contributed by atoms with E-state index >= 15 is 0 Å². The topological polar surface area (TPSA) is 80.4 Å². The lowest BCUT2D eigenvalue weighted by Crippen LogP contribution is -2.04. The van der Waals surface area contributed by atoms with Crippen LogP contribution in [0.3, 0.4) is 0 Å². The van der Waals surface area contributed by atoms with Crippen molar-refractivity contribution in [3.8, 4) is 0 Å².